The molecule has 0 amide bonds. The Morgan fingerprint density at radius 1 is 1.12 bits per heavy atom. The van der Waals surface area contributed by atoms with E-state index in [1.807, 2.05) is 0 Å². The number of aliphatic hydroxyl groups is 1. The van der Waals surface area contributed by atoms with Crippen LogP contribution in [-0.2, 0) is 4.74 Å². The van der Waals surface area contributed by atoms with Gasteiger partial charge in [-0.25, -0.2) is 0 Å². The minimum Gasteiger partial charge on any atom is -0.396 e. The molecule has 0 spiro atoms. The Kier molecular flexibility index (Phi) is 5.68. The minimum atomic E-state index is 0.322. The normalized spacial score (nSPS) is 41.1. The topological polar surface area (TPSA) is 29.5 Å². The number of allylic oxidation sites excluding steroid dienone is 1. The van der Waals surface area contributed by atoms with Crippen molar-refractivity contribution in [1.29, 1.82) is 0 Å². The van der Waals surface area contributed by atoms with Crippen LogP contribution in [0.25, 0.3) is 0 Å². The van der Waals surface area contributed by atoms with Gasteiger partial charge in [0.25, 0.3) is 0 Å². The van der Waals surface area contributed by atoms with Crippen LogP contribution >= 0.6 is 0 Å². The first-order valence-electron chi connectivity index (χ1n) is 11.1. The van der Waals surface area contributed by atoms with Gasteiger partial charge in [0.15, 0.2) is 0 Å². The van der Waals surface area contributed by atoms with Gasteiger partial charge in [0.1, 0.15) is 0 Å². The maximum Gasteiger partial charge on any atom is 0.0636 e. The maximum atomic E-state index is 8.88. The summed E-state index contributed by atoms with van der Waals surface area (Å²) in [4.78, 5) is 0. The lowest BCUT2D eigenvalue weighted by molar-refractivity contribution is -0.0461. The monoisotopic (exact) mass is 362 g/mol. The minimum absolute atomic E-state index is 0.322. The third kappa shape index (κ3) is 3.09. The van der Waals surface area contributed by atoms with Gasteiger partial charge in [0, 0.05) is 13.2 Å². The summed E-state index contributed by atoms with van der Waals surface area (Å²) in [6.07, 6.45) is 11.7. The Morgan fingerprint density at radius 3 is 2.31 bits per heavy atom. The van der Waals surface area contributed by atoms with Gasteiger partial charge in [-0.2, -0.15) is 0 Å². The van der Waals surface area contributed by atoms with Crippen molar-refractivity contribution in [3.05, 3.63) is 11.6 Å². The number of hydrogen-bond acceptors (Lipinski definition) is 2. The van der Waals surface area contributed by atoms with E-state index < -0.39 is 0 Å². The first-order chi connectivity index (χ1) is 12.2. The molecule has 5 rings (SSSR count). The molecule has 5 atom stereocenters. The highest BCUT2D eigenvalue weighted by Gasteiger charge is 2.61. The van der Waals surface area contributed by atoms with Crippen LogP contribution in [0.15, 0.2) is 11.6 Å². The fourth-order valence-electron chi connectivity index (χ4n) is 6.53. The molecule has 0 aromatic rings. The molecule has 0 radical (unpaired) electrons. The molecule has 2 heteroatoms. The fourth-order valence-corrected chi connectivity index (χ4v) is 6.53. The second-order valence-electron chi connectivity index (χ2n) is 10.8. The number of aliphatic hydroxyl groups excluding tert-OH is 1. The highest BCUT2D eigenvalue weighted by Crippen LogP contribution is 2.66. The number of fused-ring (bicyclic) bond motifs is 3. The Balaban J connectivity index is 0.000000152. The van der Waals surface area contributed by atoms with Gasteiger partial charge in [-0.3, -0.25) is 0 Å². The lowest BCUT2D eigenvalue weighted by Crippen LogP contribution is -2.48. The van der Waals surface area contributed by atoms with Gasteiger partial charge in [-0.15, -0.1) is 0 Å². The van der Waals surface area contributed by atoms with Crippen LogP contribution in [0.4, 0.5) is 0 Å². The zero-order chi connectivity index (χ0) is 19.2. The summed E-state index contributed by atoms with van der Waals surface area (Å²) in [5.74, 6) is 2.61. The van der Waals surface area contributed by atoms with Gasteiger partial charge in [0.05, 0.1) is 6.10 Å². The summed E-state index contributed by atoms with van der Waals surface area (Å²) in [7, 11) is 0. The second-order valence-corrected chi connectivity index (χ2v) is 10.8. The van der Waals surface area contributed by atoms with Crippen LogP contribution in [0.5, 0.6) is 0 Å². The van der Waals surface area contributed by atoms with Crippen molar-refractivity contribution >= 4 is 0 Å². The molecule has 3 saturated carbocycles. The van der Waals surface area contributed by atoms with Crippen molar-refractivity contribution in [2.45, 2.75) is 92.6 Å². The molecule has 3 fully saturated rings. The fraction of sp³-hybridized carbons (Fsp3) is 0.917. The SMILES string of the molecule is CC1(C)C2CC=C(CCO)C1C2.CCCOC1CC2CCC1(C)C2(C)C. The van der Waals surface area contributed by atoms with E-state index in [0.29, 0.717) is 29.0 Å². The summed E-state index contributed by atoms with van der Waals surface area (Å²) >= 11 is 0. The molecule has 0 aromatic carbocycles. The third-order valence-corrected chi connectivity index (χ3v) is 9.22. The predicted molar refractivity (Wildman–Crippen MR) is 109 cm³/mol. The van der Waals surface area contributed by atoms with Crippen LogP contribution in [0, 0.1) is 34.0 Å². The molecule has 1 N–H and O–H groups in total. The Morgan fingerprint density at radius 2 is 1.85 bits per heavy atom. The first kappa shape index (κ1) is 20.4. The van der Waals surface area contributed by atoms with Crippen molar-refractivity contribution in [3.8, 4) is 0 Å². The van der Waals surface area contributed by atoms with Gasteiger partial charge in [0.2, 0.25) is 0 Å². The quantitative estimate of drug-likeness (QED) is 0.609. The lowest BCUT2D eigenvalue weighted by Gasteiger charge is -2.56. The van der Waals surface area contributed by atoms with Crippen LogP contribution in [0.2, 0.25) is 0 Å². The molecule has 0 aliphatic heterocycles. The summed E-state index contributed by atoms with van der Waals surface area (Å²) in [6.45, 7) is 15.5. The smallest absolute Gasteiger partial charge is 0.0636 e. The lowest BCUT2D eigenvalue weighted by atomic mass is 9.48. The standard InChI is InChI=1S/C13H24O.C11H18O/c1-5-8-14-11-9-10-6-7-13(11,4)12(10,2)3;1-11(2)9-4-3-8(5-6-12)10(11)7-9/h10-11H,5-9H2,1-4H3;3,9-10,12H,4-7H2,1-2H3. The number of hydrogen-bond donors (Lipinski definition) is 1. The first-order valence-corrected chi connectivity index (χ1v) is 11.1. The van der Waals surface area contributed by atoms with Crippen LogP contribution in [-0.4, -0.2) is 24.4 Å². The molecule has 150 valence electrons. The van der Waals surface area contributed by atoms with Crippen molar-refractivity contribution < 1.29 is 9.84 Å². The van der Waals surface area contributed by atoms with E-state index in [0.717, 1.165) is 37.2 Å². The summed E-state index contributed by atoms with van der Waals surface area (Å²) in [6, 6.07) is 0. The van der Waals surface area contributed by atoms with Crippen LogP contribution < -0.4 is 0 Å². The highest BCUT2D eigenvalue weighted by atomic mass is 16.5. The number of rotatable bonds is 5. The summed E-state index contributed by atoms with van der Waals surface area (Å²) in [5, 5.41) is 8.88. The van der Waals surface area contributed by atoms with Crippen LogP contribution in [0.1, 0.15) is 86.5 Å². The second kappa shape index (κ2) is 7.24. The Bertz CT molecular complexity index is 532. The van der Waals surface area contributed by atoms with Gasteiger partial charge in [-0.05, 0) is 78.9 Å². The van der Waals surface area contributed by atoms with Crippen molar-refractivity contribution in [1.82, 2.24) is 0 Å². The van der Waals surface area contributed by atoms with E-state index >= 15 is 0 Å². The van der Waals surface area contributed by atoms with Gasteiger partial charge >= 0.3 is 0 Å². The van der Waals surface area contributed by atoms with E-state index in [-0.39, 0.29) is 0 Å². The predicted octanol–water partition coefficient (Wildman–Crippen LogP) is 5.99. The molecular weight excluding hydrogens is 320 g/mol. The highest BCUT2D eigenvalue weighted by molar-refractivity contribution is 5.23. The average Bonchev–Trinajstić information content (AvgIpc) is 2.94. The molecule has 4 bridgehead atoms. The zero-order valence-electron chi connectivity index (χ0n) is 18.1. The van der Waals surface area contributed by atoms with E-state index in [4.69, 9.17) is 9.84 Å². The Labute approximate surface area is 161 Å². The van der Waals surface area contributed by atoms with E-state index in [2.05, 4.69) is 47.6 Å². The van der Waals surface area contributed by atoms with Crippen molar-refractivity contribution in [2.75, 3.05) is 13.2 Å². The molecule has 2 nitrogen and oxygen atoms in total. The molecular formula is C24H42O2. The molecule has 5 aliphatic rings. The zero-order valence-corrected chi connectivity index (χ0v) is 18.1. The van der Waals surface area contributed by atoms with E-state index in [9.17, 15) is 0 Å². The number of ether oxygens (including phenoxy) is 1. The van der Waals surface area contributed by atoms with Crippen molar-refractivity contribution in [3.63, 3.8) is 0 Å². The van der Waals surface area contributed by atoms with Crippen molar-refractivity contribution in [2.24, 2.45) is 34.0 Å². The van der Waals surface area contributed by atoms with Gasteiger partial charge < -0.3 is 9.84 Å². The third-order valence-electron chi connectivity index (χ3n) is 9.22. The Hall–Kier alpha value is -0.340. The summed E-state index contributed by atoms with van der Waals surface area (Å²) in [5.41, 5.74) is 3.00. The molecule has 0 aromatic heterocycles. The van der Waals surface area contributed by atoms with Crippen LogP contribution in [0.3, 0.4) is 0 Å². The maximum absolute atomic E-state index is 8.88. The molecule has 26 heavy (non-hydrogen) atoms. The largest absolute Gasteiger partial charge is 0.396 e. The van der Waals surface area contributed by atoms with Gasteiger partial charge in [-0.1, -0.05) is 53.2 Å². The molecule has 5 aliphatic carbocycles. The average molecular weight is 363 g/mol. The molecule has 0 heterocycles. The van der Waals surface area contributed by atoms with E-state index in [1.165, 1.54) is 37.7 Å². The summed E-state index contributed by atoms with van der Waals surface area (Å²) < 4.78 is 6.02. The molecule has 0 saturated heterocycles. The molecule has 5 unspecified atom stereocenters. The van der Waals surface area contributed by atoms with E-state index in [1.54, 1.807) is 0 Å².